The summed E-state index contributed by atoms with van der Waals surface area (Å²) in [7, 11) is 3.49. The topological polar surface area (TPSA) is 79.1 Å². The summed E-state index contributed by atoms with van der Waals surface area (Å²) in [5, 5.41) is 15.4. The van der Waals surface area contributed by atoms with Gasteiger partial charge in [0, 0.05) is 19.8 Å². The van der Waals surface area contributed by atoms with E-state index in [-0.39, 0.29) is 6.04 Å². The third-order valence-electron chi connectivity index (χ3n) is 5.82. The van der Waals surface area contributed by atoms with E-state index in [9.17, 15) is 0 Å². The van der Waals surface area contributed by atoms with Crippen molar-refractivity contribution in [3.8, 4) is 5.75 Å². The molecule has 0 amide bonds. The van der Waals surface area contributed by atoms with Gasteiger partial charge in [0.1, 0.15) is 5.75 Å². The van der Waals surface area contributed by atoms with Gasteiger partial charge >= 0.3 is 0 Å². The Morgan fingerprint density at radius 2 is 1.87 bits per heavy atom. The molecule has 2 N–H and O–H groups in total. The molecule has 1 saturated heterocycles. The van der Waals surface area contributed by atoms with Crippen molar-refractivity contribution in [2.75, 3.05) is 33.8 Å². The van der Waals surface area contributed by atoms with Crippen LogP contribution in [0.5, 0.6) is 5.75 Å². The van der Waals surface area contributed by atoms with E-state index in [1.165, 1.54) is 24.8 Å². The molecule has 3 heterocycles. The summed E-state index contributed by atoms with van der Waals surface area (Å²) in [4.78, 5) is 6.97. The van der Waals surface area contributed by atoms with Gasteiger partial charge in [-0.1, -0.05) is 24.6 Å². The number of methoxy groups -OCH3 is 1. The Hall–Kier alpha value is -3.13. The van der Waals surface area contributed by atoms with Crippen LogP contribution >= 0.6 is 0 Å². The first-order chi connectivity index (χ1) is 15.3. The van der Waals surface area contributed by atoms with Crippen molar-refractivity contribution in [3.63, 3.8) is 0 Å². The van der Waals surface area contributed by atoms with E-state index in [0.29, 0.717) is 6.54 Å². The maximum absolute atomic E-state index is 5.34. The van der Waals surface area contributed by atoms with Gasteiger partial charge < -0.3 is 15.4 Å². The molecule has 0 radical (unpaired) electrons. The molecule has 1 fully saturated rings. The Bertz CT molecular complexity index is 993. The van der Waals surface area contributed by atoms with Crippen LogP contribution in [0, 0.1) is 0 Å². The Labute approximate surface area is 183 Å². The van der Waals surface area contributed by atoms with Crippen molar-refractivity contribution in [3.05, 3.63) is 60.0 Å². The first-order valence-corrected chi connectivity index (χ1v) is 10.9. The van der Waals surface area contributed by atoms with E-state index in [4.69, 9.17) is 4.74 Å². The molecule has 1 aromatic carbocycles. The number of likely N-dealkylation sites (tertiary alicyclic amines) is 1. The number of guanidine groups is 1. The van der Waals surface area contributed by atoms with E-state index >= 15 is 0 Å². The van der Waals surface area contributed by atoms with Crippen LogP contribution < -0.4 is 15.4 Å². The molecule has 31 heavy (non-hydrogen) atoms. The maximum atomic E-state index is 5.34. The monoisotopic (exact) mass is 421 g/mol. The predicted molar refractivity (Wildman–Crippen MR) is 122 cm³/mol. The molecule has 3 aromatic rings. The second kappa shape index (κ2) is 10.3. The smallest absolute Gasteiger partial charge is 0.191 e. The lowest BCUT2D eigenvalue weighted by Crippen LogP contribution is -2.44. The number of hydrogen-bond donors (Lipinski definition) is 2. The average Bonchev–Trinajstić information content (AvgIpc) is 3.25. The summed E-state index contributed by atoms with van der Waals surface area (Å²) >= 11 is 0. The molecule has 0 saturated carbocycles. The summed E-state index contributed by atoms with van der Waals surface area (Å²) in [6, 6.07) is 14.6. The van der Waals surface area contributed by atoms with Crippen molar-refractivity contribution in [1.82, 2.24) is 30.1 Å². The van der Waals surface area contributed by atoms with Gasteiger partial charge in [0.05, 0.1) is 19.7 Å². The molecule has 2 aromatic heterocycles. The number of nitrogens with zero attached hydrogens (tertiary/aromatic N) is 5. The SMILES string of the molecule is CN=C(NCc1nnc2ccccn12)NCC(c1ccc(OC)cc1)N1CCCCC1. The normalized spacial score (nSPS) is 16.3. The first-order valence-electron chi connectivity index (χ1n) is 10.9. The fourth-order valence-corrected chi connectivity index (χ4v) is 4.10. The predicted octanol–water partition coefficient (Wildman–Crippen LogP) is 2.63. The van der Waals surface area contributed by atoms with Crippen molar-refractivity contribution in [1.29, 1.82) is 0 Å². The average molecular weight is 422 g/mol. The van der Waals surface area contributed by atoms with Gasteiger partial charge in [-0.2, -0.15) is 0 Å². The summed E-state index contributed by atoms with van der Waals surface area (Å²) in [5.74, 6) is 2.48. The van der Waals surface area contributed by atoms with Gasteiger partial charge in [-0.15, -0.1) is 10.2 Å². The minimum atomic E-state index is 0.277. The number of ether oxygens (including phenoxy) is 1. The number of aromatic nitrogens is 3. The number of hydrogen-bond acceptors (Lipinski definition) is 5. The number of benzene rings is 1. The van der Waals surface area contributed by atoms with Crippen molar-refractivity contribution in [2.45, 2.75) is 31.8 Å². The van der Waals surface area contributed by atoms with Crippen LogP contribution in [0.25, 0.3) is 5.65 Å². The van der Waals surface area contributed by atoms with Crippen molar-refractivity contribution >= 4 is 11.6 Å². The highest BCUT2D eigenvalue weighted by atomic mass is 16.5. The second-order valence-corrected chi connectivity index (χ2v) is 7.74. The minimum absolute atomic E-state index is 0.277. The quantitative estimate of drug-likeness (QED) is 0.451. The summed E-state index contributed by atoms with van der Waals surface area (Å²) in [6.45, 7) is 3.56. The molecule has 4 rings (SSSR count). The molecular weight excluding hydrogens is 390 g/mol. The highest BCUT2D eigenvalue weighted by molar-refractivity contribution is 5.79. The molecule has 0 bridgehead atoms. The molecule has 0 spiro atoms. The molecule has 0 aliphatic carbocycles. The summed E-state index contributed by atoms with van der Waals surface area (Å²) < 4.78 is 7.32. The fraction of sp³-hybridized carbons (Fsp3) is 0.435. The van der Waals surface area contributed by atoms with Crippen LogP contribution in [0.15, 0.2) is 53.7 Å². The van der Waals surface area contributed by atoms with E-state index in [2.05, 4.69) is 42.9 Å². The zero-order valence-electron chi connectivity index (χ0n) is 18.3. The highest BCUT2D eigenvalue weighted by Crippen LogP contribution is 2.25. The summed E-state index contributed by atoms with van der Waals surface area (Å²) in [5.41, 5.74) is 2.13. The van der Waals surface area contributed by atoms with E-state index in [0.717, 1.165) is 42.8 Å². The zero-order valence-corrected chi connectivity index (χ0v) is 18.3. The van der Waals surface area contributed by atoms with Crippen molar-refractivity contribution < 1.29 is 4.74 Å². The van der Waals surface area contributed by atoms with Crippen molar-refractivity contribution in [2.24, 2.45) is 4.99 Å². The fourth-order valence-electron chi connectivity index (χ4n) is 4.10. The van der Waals surface area contributed by atoms with Crippen LogP contribution in [0.3, 0.4) is 0 Å². The molecule has 1 aliphatic rings. The van der Waals surface area contributed by atoms with Crippen LogP contribution in [-0.4, -0.2) is 59.2 Å². The van der Waals surface area contributed by atoms with Gasteiger partial charge in [0.2, 0.25) is 0 Å². The molecule has 8 heteroatoms. The van der Waals surface area contributed by atoms with Crippen LogP contribution in [0.2, 0.25) is 0 Å². The molecular formula is C23H31N7O. The van der Waals surface area contributed by atoms with Crippen LogP contribution in [0.1, 0.15) is 36.7 Å². The van der Waals surface area contributed by atoms with E-state index in [1.54, 1.807) is 14.2 Å². The lowest BCUT2D eigenvalue weighted by Gasteiger charge is -2.35. The van der Waals surface area contributed by atoms with Gasteiger partial charge in [-0.25, -0.2) is 0 Å². The Morgan fingerprint density at radius 3 is 2.61 bits per heavy atom. The highest BCUT2D eigenvalue weighted by Gasteiger charge is 2.22. The van der Waals surface area contributed by atoms with Gasteiger partial charge in [-0.3, -0.25) is 14.3 Å². The number of fused-ring (bicyclic) bond motifs is 1. The van der Waals surface area contributed by atoms with Gasteiger partial charge in [-0.05, 0) is 55.8 Å². The lowest BCUT2D eigenvalue weighted by molar-refractivity contribution is 0.164. The molecule has 8 nitrogen and oxygen atoms in total. The van der Waals surface area contributed by atoms with Gasteiger partial charge in [0.25, 0.3) is 0 Å². The standard InChI is InChI=1S/C23H31N7O/c1-24-23(26-17-22-28-27-21-8-4-7-15-30(21)22)25-16-20(29-13-5-3-6-14-29)18-9-11-19(31-2)12-10-18/h4,7-12,15,20H,3,5-6,13-14,16-17H2,1-2H3,(H2,24,25,26). The second-order valence-electron chi connectivity index (χ2n) is 7.74. The molecule has 164 valence electrons. The largest absolute Gasteiger partial charge is 0.497 e. The lowest BCUT2D eigenvalue weighted by atomic mass is 10.0. The first kappa shape index (κ1) is 21.1. The third-order valence-corrected chi connectivity index (χ3v) is 5.82. The number of aliphatic imine (C=N–C) groups is 1. The zero-order chi connectivity index (χ0) is 21.5. The maximum Gasteiger partial charge on any atom is 0.191 e. The van der Waals surface area contributed by atoms with Crippen LogP contribution in [-0.2, 0) is 6.54 Å². The van der Waals surface area contributed by atoms with Gasteiger partial charge in [0.15, 0.2) is 17.4 Å². The number of nitrogens with one attached hydrogen (secondary N) is 2. The molecule has 1 unspecified atom stereocenters. The van der Waals surface area contributed by atoms with E-state index < -0.39 is 0 Å². The Kier molecular flexibility index (Phi) is 6.99. The third kappa shape index (κ3) is 5.14. The Morgan fingerprint density at radius 1 is 1.06 bits per heavy atom. The number of pyridine rings is 1. The summed E-state index contributed by atoms with van der Waals surface area (Å²) in [6.07, 6.45) is 5.78. The Balaban J connectivity index is 1.41. The molecule has 1 aliphatic heterocycles. The van der Waals surface area contributed by atoms with E-state index in [1.807, 2.05) is 40.9 Å². The molecule has 1 atom stereocenters. The number of piperidine rings is 1. The van der Waals surface area contributed by atoms with Crippen LogP contribution in [0.4, 0.5) is 0 Å². The number of rotatable bonds is 7. The minimum Gasteiger partial charge on any atom is -0.497 e.